The summed E-state index contributed by atoms with van der Waals surface area (Å²) >= 11 is 0. The van der Waals surface area contributed by atoms with E-state index in [1.165, 1.54) is 0 Å². The van der Waals surface area contributed by atoms with Gasteiger partial charge in [-0.05, 0) is 31.4 Å². The summed E-state index contributed by atoms with van der Waals surface area (Å²) in [5.41, 5.74) is 0.434. The maximum absolute atomic E-state index is 8.95. The molecule has 5 nitrogen and oxygen atoms in total. The second-order valence-corrected chi connectivity index (χ2v) is 4.70. The van der Waals surface area contributed by atoms with Crippen molar-refractivity contribution < 1.29 is 24.3 Å². The highest BCUT2D eigenvalue weighted by Crippen LogP contribution is 2.22. The van der Waals surface area contributed by atoms with E-state index in [-0.39, 0.29) is 6.10 Å². The van der Waals surface area contributed by atoms with Crippen molar-refractivity contribution in [3.05, 3.63) is 24.3 Å². The van der Waals surface area contributed by atoms with Gasteiger partial charge in [-0.3, -0.25) is 0 Å². The average Bonchev–Trinajstić information content (AvgIpc) is 2.67. The number of benzene rings is 1. The van der Waals surface area contributed by atoms with Crippen LogP contribution in [0.15, 0.2) is 24.3 Å². The van der Waals surface area contributed by atoms with Crippen molar-refractivity contribution in [2.24, 2.45) is 0 Å². The van der Waals surface area contributed by atoms with Gasteiger partial charge < -0.3 is 24.3 Å². The lowest BCUT2D eigenvalue weighted by molar-refractivity contribution is -0.141. The Labute approximate surface area is 106 Å². The third-order valence-electron chi connectivity index (χ3n) is 2.68. The maximum Gasteiger partial charge on any atom is 0.488 e. The van der Waals surface area contributed by atoms with E-state index < -0.39 is 12.9 Å². The maximum atomic E-state index is 8.95. The van der Waals surface area contributed by atoms with Gasteiger partial charge in [0, 0.05) is 0 Å². The molecule has 1 aromatic carbocycles. The third-order valence-corrected chi connectivity index (χ3v) is 2.68. The SMILES string of the molecule is CC1(C)OCC(COc2ccc(B(O)O)cc2)O1. The Bertz CT molecular complexity index is 390. The van der Waals surface area contributed by atoms with Crippen LogP contribution < -0.4 is 10.2 Å². The summed E-state index contributed by atoms with van der Waals surface area (Å²) in [6, 6.07) is 6.59. The van der Waals surface area contributed by atoms with Crippen LogP contribution in [0.2, 0.25) is 0 Å². The number of hydrogen-bond donors (Lipinski definition) is 2. The molecule has 0 aromatic heterocycles. The summed E-state index contributed by atoms with van der Waals surface area (Å²) < 4.78 is 16.6. The topological polar surface area (TPSA) is 68.2 Å². The van der Waals surface area contributed by atoms with Crippen molar-refractivity contribution in [1.29, 1.82) is 0 Å². The van der Waals surface area contributed by atoms with E-state index in [1.807, 2.05) is 13.8 Å². The van der Waals surface area contributed by atoms with Crippen LogP contribution in [-0.2, 0) is 9.47 Å². The Morgan fingerprint density at radius 3 is 2.50 bits per heavy atom. The van der Waals surface area contributed by atoms with E-state index in [0.29, 0.717) is 24.4 Å². The molecule has 1 aliphatic heterocycles. The first kappa shape index (κ1) is 13.4. The van der Waals surface area contributed by atoms with Crippen LogP contribution >= 0.6 is 0 Å². The molecular formula is C12H17BO5. The molecule has 0 aliphatic carbocycles. The van der Waals surface area contributed by atoms with Gasteiger partial charge in [-0.1, -0.05) is 12.1 Å². The van der Waals surface area contributed by atoms with Gasteiger partial charge in [0.05, 0.1) is 6.61 Å². The summed E-state index contributed by atoms with van der Waals surface area (Å²) in [4.78, 5) is 0. The zero-order valence-corrected chi connectivity index (χ0v) is 10.5. The molecule has 98 valence electrons. The Morgan fingerprint density at radius 1 is 1.33 bits per heavy atom. The summed E-state index contributed by atoms with van der Waals surface area (Å²) in [6.07, 6.45) is -0.0805. The van der Waals surface area contributed by atoms with E-state index in [0.717, 1.165) is 0 Å². The van der Waals surface area contributed by atoms with Gasteiger partial charge in [-0.15, -0.1) is 0 Å². The summed E-state index contributed by atoms with van der Waals surface area (Å²) in [5.74, 6) is 0.117. The minimum Gasteiger partial charge on any atom is -0.491 e. The molecule has 6 heteroatoms. The minimum atomic E-state index is -1.45. The van der Waals surface area contributed by atoms with Crippen LogP contribution in [0.3, 0.4) is 0 Å². The zero-order chi connectivity index (χ0) is 13.2. The standard InChI is InChI=1S/C12H17BO5/c1-12(2)17-8-11(18-12)7-16-10-5-3-9(4-6-10)13(14)15/h3-6,11,14-15H,7-8H2,1-2H3. The zero-order valence-electron chi connectivity index (χ0n) is 10.5. The second-order valence-electron chi connectivity index (χ2n) is 4.70. The summed E-state index contributed by atoms with van der Waals surface area (Å²) in [7, 11) is -1.45. The van der Waals surface area contributed by atoms with E-state index in [4.69, 9.17) is 24.3 Å². The molecule has 0 spiro atoms. The lowest BCUT2D eigenvalue weighted by atomic mass is 9.80. The fourth-order valence-corrected chi connectivity index (χ4v) is 1.77. The molecule has 2 N–H and O–H groups in total. The summed E-state index contributed by atoms with van der Waals surface area (Å²) in [6.45, 7) is 4.65. The predicted octanol–water partition coefficient (Wildman–Crippen LogP) is -0.103. The Morgan fingerprint density at radius 2 is 2.00 bits per heavy atom. The van der Waals surface area contributed by atoms with Crippen LogP contribution in [0.5, 0.6) is 5.75 Å². The molecule has 1 aliphatic rings. The molecule has 1 unspecified atom stereocenters. The van der Waals surface area contributed by atoms with E-state index >= 15 is 0 Å². The smallest absolute Gasteiger partial charge is 0.488 e. The quantitative estimate of drug-likeness (QED) is 0.732. The van der Waals surface area contributed by atoms with Gasteiger partial charge in [-0.25, -0.2) is 0 Å². The lowest BCUT2D eigenvalue weighted by Gasteiger charge is -2.17. The van der Waals surface area contributed by atoms with Crippen LogP contribution in [0.1, 0.15) is 13.8 Å². The highest BCUT2D eigenvalue weighted by atomic mass is 16.7. The fraction of sp³-hybridized carbons (Fsp3) is 0.500. The highest BCUT2D eigenvalue weighted by molar-refractivity contribution is 6.58. The number of hydrogen-bond acceptors (Lipinski definition) is 5. The van der Waals surface area contributed by atoms with Crippen LogP contribution in [0, 0.1) is 0 Å². The van der Waals surface area contributed by atoms with Gasteiger partial charge in [0.2, 0.25) is 0 Å². The van der Waals surface area contributed by atoms with Gasteiger partial charge in [0.25, 0.3) is 0 Å². The summed E-state index contributed by atoms with van der Waals surface area (Å²) in [5, 5.41) is 17.9. The number of ether oxygens (including phenoxy) is 3. The first-order valence-corrected chi connectivity index (χ1v) is 5.87. The molecule has 1 saturated heterocycles. The Hall–Kier alpha value is -1.08. The van der Waals surface area contributed by atoms with Crippen molar-refractivity contribution in [2.75, 3.05) is 13.2 Å². The molecule has 2 rings (SSSR count). The molecule has 0 saturated carbocycles. The Balaban J connectivity index is 1.84. The third kappa shape index (κ3) is 3.46. The average molecular weight is 252 g/mol. The van der Waals surface area contributed by atoms with Crippen molar-refractivity contribution >= 4 is 12.6 Å². The van der Waals surface area contributed by atoms with E-state index in [9.17, 15) is 0 Å². The van der Waals surface area contributed by atoms with Crippen LogP contribution in [-0.4, -0.2) is 42.3 Å². The van der Waals surface area contributed by atoms with Crippen LogP contribution in [0.4, 0.5) is 0 Å². The molecular weight excluding hydrogens is 235 g/mol. The van der Waals surface area contributed by atoms with E-state index in [1.54, 1.807) is 24.3 Å². The van der Waals surface area contributed by atoms with Gasteiger partial charge in [0.15, 0.2) is 5.79 Å². The van der Waals surface area contributed by atoms with Crippen molar-refractivity contribution in [1.82, 2.24) is 0 Å². The van der Waals surface area contributed by atoms with Crippen LogP contribution in [0.25, 0.3) is 0 Å². The highest BCUT2D eigenvalue weighted by Gasteiger charge is 2.32. The molecule has 1 heterocycles. The largest absolute Gasteiger partial charge is 0.491 e. The first-order chi connectivity index (χ1) is 8.46. The van der Waals surface area contributed by atoms with Gasteiger partial charge in [-0.2, -0.15) is 0 Å². The molecule has 0 bridgehead atoms. The van der Waals surface area contributed by atoms with Gasteiger partial charge >= 0.3 is 7.12 Å². The molecule has 0 radical (unpaired) electrons. The van der Waals surface area contributed by atoms with Crippen molar-refractivity contribution in [3.8, 4) is 5.75 Å². The molecule has 18 heavy (non-hydrogen) atoms. The van der Waals surface area contributed by atoms with Crippen molar-refractivity contribution in [2.45, 2.75) is 25.7 Å². The monoisotopic (exact) mass is 252 g/mol. The predicted molar refractivity (Wildman–Crippen MR) is 66.7 cm³/mol. The fourth-order valence-electron chi connectivity index (χ4n) is 1.77. The normalized spacial score (nSPS) is 21.9. The van der Waals surface area contributed by atoms with Gasteiger partial charge in [0.1, 0.15) is 18.5 Å². The molecule has 1 fully saturated rings. The minimum absolute atomic E-state index is 0.0805. The second kappa shape index (κ2) is 5.28. The molecule has 0 amide bonds. The molecule has 1 aromatic rings. The lowest BCUT2D eigenvalue weighted by Crippen LogP contribution is -2.29. The first-order valence-electron chi connectivity index (χ1n) is 5.87. The number of rotatable bonds is 4. The van der Waals surface area contributed by atoms with E-state index in [2.05, 4.69) is 0 Å². The Kier molecular flexibility index (Phi) is 3.92. The van der Waals surface area contributed by atoms with Crippen molar-refractivity contribution in [3.63, 3.8) is 0 Å². The molecule has 1 atom stereocenters.